The maximum atomic E-state index is 13.4. The van der Waals surface area contributed by atoms with Gasteiger partial charge in [-0.1, -0.05) is 29.8 Å². The second-order valence-corrected chi connectivity index (χ2v) is 5.39. The molecule has 0 amide bonds. The van der Waals surface area contributed by atoms with Crippen LogP contribution in [0, 0.1) is 11.6 Å². The quantitative estimate of drug-likeness (QED) is 0.862. The third kappa shape index (κ3) is 3.32. The fourth-order valence-electron chi connectivity index (χ4n) is 1.84. The van der Waals surface area contributed by atoms with Crippen LogP contribution in [0.5, 0.6) is 0 Å². The monoisotopic (exact) mass is 345 g/mol. The Morgan fingerprint density at radius 1 is 1.21 bits per heavy atom. The first-order valence-electron chi connectivity index (χ1n) is 5.62. The SMILES string of the molecule is NC(Cc1ccc(F)cc1Cl)c1cccc(F)c1Br. The van der Waals surface area contributed by atoms with Crippen molar-refractivity contribution in [3.05, 3.63) is 68.7 Å². The molecule has 0 saturated carbocycles. The third-order valence-electron chi connectivity index (χ3n) is 2.84. The molecule has 0 aromatic heterocycles. The average Bonchev–Trinajstić information content (AvgIpc) is 2.36. The highest BCUT2D eigenvalue weighted by Crippen LogP contribution is 2.28. The third-order valence-corrected chi connectivity index (χ3v) is 4.02. The molecular formula is C14H11BrClF2N. The van der Waals surface area contributed by atoms with Gasteiger partial charge in [0.2, 0.25) is 0 Å². The molecule has 0 spiro atoms. The highest BCUT2D eigenvalue weighted by Gasteiger charge is 2.15. The molecule has 19 heavy (non-hydrogen) atoms. The van der Waals surface area contributed by atoms with Crippen LogP contribution >= 0.6 is 27.5 Å². The molecule has 2 N–H and O–H groups in total. The van der Waals surface area contributed by atoms with Crippen molar-refractivity contribution in [3.8, 4) is 0 Å². The Morgan fingerprint density at radius 2 is 1.95 bits per heavy atom. The Kier molecular flexibility index (Phi) is 4.55. The predicted molar refractivity (Wildman–Crippen MR) is 76.1 cm³/mol. The lowest BCUT2D eigenvalue weighted by molar-refractivity contribution is 0.609. The van der Waals surface area contributed by atoms with Crippen molar-refractivity contribution in [2.45, 2.75) is 12.5 Å². The van der Waals surface area contributed by atoms with Crippen molar-refractivity contribution in [2.24, 2.45) is 5.73 Å². The summed E-state index contributed by atoms with van der Waals surface area (Å²) in [7, 11) is 0. The number of halogens is 4. The summed E-state index contributed by atoms with van der Waals surface area (Å²) in [6, 6.07) is 8.43. The van der Waals surface area contributed by atoms with Gasteiger partial charge in [0.05, 0.1) is 4.47 Å². The van der Waals surface area contributed by atoms with Crippen LogP contribution in [-0.4, -0.2) is 0 Å². The molecule has 5 heteroatoms. The molecule has 0 aliphatic carbocycles. The summed E-state index contributed by atoms with van der Waals surface area (Å²) in [6.07, 6.45) is 0.404. The van der Waals surface area contributed by atoms with E-state index in [1.165, 1.54) is 18.2 Å². The zero-order valence-corrected chi connectivity index (χ0v) is 12.2. The van der Waals surface area contributed by atoms with E-state index < -0.39 is 11.9 Å². The van der Waals surface area contributed by atoms with Gasteiger partial charge in [-0.15, -0.1) is 0 Å². The van der Waals surface area contributed by atoms with Crippen LogP contribution in [0.1, 0.15) is 17.2 Å². The summed E-state index contributed by atoms with van der Waals surface area (Å²) in [5, 5.41) is 0.322. The van der Waals surface area contributed by atoms with Crippen LogP contribution < -0.4 is 5.73 Å². The van der Waals surface area contributed by atoms with Crippen LogP contribution in [-0.2, 0) is 6.42 Å². The van der Waals surface area contributed by atoms with E-state index in [-0.39, 0.29) is 5.82 Å². The maximum absolute atomic E-state index is 13.4. The molecule has 1 atom stereocenters. The number of benzene rings is 2. The normalized spacial score (nSPS) is 12.5. The maximum Gasteiger partial charge on any atom is 0.137 e. The lowest BCUT2D eigenvalue weighted by atomic mass is 9.99. The minimum Gasteiger partial charge on any atom is -0.324 e. The van der Waals surface area contributed by atoms with Gasteiger partial charge in [0.15, 0.2) is 0 Å². The highest BCUT2D eigenvalue weighted by molar-refractivity contribution is 9.10. The van der Waals surface area contributed by atoms with Crippen molar-refractivity contribution in [3.63, 3.8) is 0 Å². The van der Waals surface area contributed by atoms with Gasteiger partial charge in [-0.3, -0.25) is 0 Å². The van der Waals surface area contributed by atoms with E-state index in [0.717, 1.165) is 5.56 Å². The van der Waals surface area contributed by atoms with Gasteiger partial charge >= 0.3 is 0 Å². The summed E-state index contributed by atoms with van der Waals surface area (Å²) < 4.78 is 26.7. The van der Waals surface area contributed by atoms with Crippen LogP contribution in [0.2, 0.25) is 5.02 Å². The molecule has 0 aliphatic heterocycles. The highest BCUT2D eigenvalue weighted by atomic mass is 79.9. The van der Waals surface area contributed by atoms with Gasteiger partial charge in [-0.2, -0.15) is 0 Å². The Labute approximate surface area is 123 Å². The van der Waals surface area contributed by atoms with Gasteiger partial charge in [-0.05, 0) is 51.7 Å². The predicted octanol–water partition coefficient (Wildman–Crippen LogP) is 4.62. The van der Waals surface area contributed by atoms with Crippen molar-refractivity contribution in [2.75, 3.05) is 0 Å². The Morgan fingerprint density at radius 3 is 2.63 bits per heavy atom. The van der Waals surface area contributed by atoms with Gasteiger partial charge in [0.1, 0.15) is 11.6 Å². The minimum absolute atomic E-state index is 0.322. The number of hydrogen-bond donors (Lipinski definition) is 1. The molecule has 2 rings (SSSR count). The minimum atomic E-state index is -0.423. The second-order valence-electron chi connectivity index (χ2n) is 4.19. The largest absolute Gasteiger partial charge is 0.324 e. The van der Waals surface area contributed by atoms with E-state index in [2.05, 4.69) is 15.9 Å². The van der Waals surface area contributed by atoms with Crippen LogP contribution in [0.4, 0.5) is 8.78 Å². The number of nitrogens with two attached hydrogens (primary N) is 1. The van der Waals surface area contributed by atoms with E-state index in [4.69, 9.17) is 17.3 Å². The lowest BCUT2D eigenvalue weighted by Gasteiger charge is -2.15. The first-order chi connectivity index (χ1) is 8.99. The van der Waals surface area contributed by atoms with E-state index in [9.17, 15) is 8.78 Å². The fourth-order valence-corrected chi connectivity index (χ4v) is 2.64. The van der Waals surface area contributed by atoms with Crippen LogP contribution in [0.3, 0.4) is 0 Å². The first-order valence-corrected chi connectivity index (χ1v) is 6.79. The Bertz CT molecular complexity index is 604. The van der Waals surface area contributed by atoms with Crippen molar-refractivity contribution in [1.29, 1.82) is 0 Å². The fraction of sp³-hybridized carbons (Fsp3) is 0.143. The zero-order valence-electron chi connectivity index (χ0n) is 9.84. The molecule has 1 nitrogen and oxygen atoms in total. The molecule has 2 aromatic carbocycles. The Balaban J connectivity index is 2.25. The number of rotatable bonds is 3. The topological polar surface area (TPSA) is 26.0 Å². The first kappa shape index (κ1) is 14.4. The molecule has 100 valence electrons. The average molecular weight is 347 g/mol. The zero-order chi connectivity index (χ0) is 14.0. The molecule has 0 saturated heterocycles. The standard InChI is InChI=1S/C14H11BrClF2N/c15-14-10(2-1-3-12(14)18)13(19)6-8-4-5-9(17)7-11(8)16/h1-5,7,13H,6,19H2. The summed E-state index contributed by atoms with van der Waals surface area (Å²) in [5.41, 5.74) is 7.44. The number of hydrogen-bond acceptors (Lipinski definition) is 1. The van der Waals surface area contributed by atoms with Crippen molar-refractivity contribution in [1.82, 2.24) is 0 Å². The molecule has 2 aromatic rings. The van der Waals surface area contributed by atoms with Gasteiger partial charge in [-0.25, -0.2) is 8.78 Å². The summed E-state index contributed by atoms with van der Waals surface area (Å²) in [4.78, 5) is 0. The van der Waals surface area contributed by atoms with Crippen molar-refractivity contribution >= 4 is 27.5 Å². The summed E-state index contributed by atoms with van der Waals surface area (Å²) in [6.45, 7) is 0. The molecule has 0 bridgehead atoms. The molecule has 1 unspecified atom stereocenters. The van der Waals surface area contributed by atoms with Crippen LogP contribution in [0.15, 0.2) is 40.9 Å². The van der Waals surface area contributed by atoms with E-state index in [0.29, 0.717) is 21.5 Å². The van der Waals surface area contributed by atoms with Gasteiger partial charge in [0.25, 0.3) is 0 Å². The van der Waals surface area contributed by atoms with E-state index in [1.54, 1.807) is 18.2 Å². The van der Waals surface area contributed by atoms with Crippen LogP contribution in [0.25, 0.3) is 0 Å². The van der Waals surface area contributed by atoms with Gasteiger partial charge in [0, 0.05) is 11.1 Å². The summed E-state index contributed by atoms with van der Waals surface area (Å²) in [5.74, 6) is -0.757. The molecule has 0 fully saturated rings. The summed E-state index contributed by atoms with van der Waals surface area (Å²) >= 11 is 9.13. The molecule has 0 heterocycles. The molecule has 0 aliphatic rings. The van der Waals surface area contributed by atoms with Crippen molar-refractivity contribution < 1.29 is 8.78 Å². The Hall–Kier alpha value is -0.970. The molecular weight excluding hydrogens is 336 g/mol. The second kappa shape index (κ2) is 5.99. The van der Waals surface area contributed by atoms with E-state index in [1.807, 2.05) is 0 Å². The molecule has 0 radical (unpaired) electrons. The van der Waals surface area contributed by atoms with E-state index >= 15 is 0 Å². The van der Waals surface area contributed by atoms with Gasteiger partial charge < -0.3 is 5.73 Å². The lowest BCUT2D eigenvalue weighted by Crippen LogP contribution is -2.14. The smallest absolute Gasteiger partial charge is 0.137 e.